The summed E-state index contributed by atoms with van der Waals surface area (Å²) in [5.74, 6) is -0.171. The molecule has 0 unspecified atom stereocenters. The van der Waals surface area contributed by atoms with E-state index in [0.29, 0.717) is 31.2 Å². The van der Waals surface area contributed by atoms with Crippen molar-refractivity contribution in [2.45, 2.75) is 64.0 Å². The summed E-state index contributed by atoms with van der Waals surface area (Å²) in [6.45, 7) is 5.09. The second kappa shape index (κ2) is 8.43. The fourth-order valence-corrected chi connectivity index (χ4v) is 4.82. The van der Waals surface area contributed by atoms with Gasteiger partial charge >= 0.3 is 6.36 Å². The Bertz CT molecular complexity index is 769. The first kappa shape index (κ1) is 22.7. The number of rotatable bonds is 6. The van der Waals surface area contributed by atoms with Gasteiger partial charge in [-0.25, -0.2) is 8.42 Å². The summed E-state index contributed by atoms with van der Waals surface area (Å²) in [6, 6.07) is 5.32. The van der Waals surface area contributed by atoms with E-state index in [1.54, 1.807) is 20.8 Å². The number of sulfone groups is 1. The zero-order valence-corrected chi connectivity index (χ0v) is 17.2. The van der Waals surface area contributed by atoms with Crippen LogP contribution < -0.4 is 4.74 Å². The van der Waals surface area contributed by atoms with Crippen LogP contribution in [0.15, 0.2) is 24.3 Å². The number of hydrogen-bond donors (Lipinski definition) is 0. The van der Waals surface area contributed by atoms with Gasteiger partial charge in [0.15, 0.2) is 9.84 Å². The van der Waals surface area contributed by atoms with Crippen molar-refractivity contribution in [2.75, 3.05) is 5.75 Å². The molecule has 2 rings (SSSR count). The van der Waals surface area contributed by atoms with Crippen LogP contribution in [-0.2, 0) is 21.1 Å². The summed E-state index contributed by atoms with van der Waals surface area (Å²) in [6.07, 6.45) is -1.89. The monoisotopic (exact) mass is 420 g/mol. The van der Waals surface area contributed by atoms with Crippen molar-refractivity contribution in [2.24, 2.45) is 11.8 Å². The molecule has 8 heteroatoms. The van der Waals surface area contributed by atoms with Crippen molar-refractivity contribution in [1.82, 2.24) is 0 Å². The van der Waals surface area contributed by atoms with Crippen LogP contribution in [0.3, 0.4) is 0 Å². The highest BCUT2D eigenvalue weighted by atomic mass is 32.2. The molecule has 4 nitrogen and oxygen atoms in total. The van der Waals surface area contributed by atoms with Gasteiger partial charge in [0.05, 0.1) is 10.5 Å². The number of benzene rings is 1. The van der Waals surface area contributed by atoms with Gasteiger partial charge in [-0.2, -0.15) is 0 Å². The highest BCUT2D eigenvalue weighted by Crippen LogP contribution is 2.33. The Balaban J connectivity index is 1.85. The average Bonchev–Trinajstić information content (AvgIpc) is 2.54. The molecule has 1 fully saturated rings. The number of carbonyl (C=O) groups excluding carboxylic acids is 1. The van der Waals surface area contributed by atoms with Gasteiger partial charge in [0, 0.05) is 12.3 Å². The summed E-state index contributed by atoms with van der Waals surface area (Å²) < 4.78 is 64.3. The highest BCUT2D eigenvalue weighted by molar-refractivity contribution is 7.92. The SMILES string of the molecule is CC(C)(C)S(=O)(=O)CC1CCC(C(=O)Cc2ccc(OC(F)(F)F)cc2)CC1. The minimum atomic E-state index is -4.74. The summed E-state index contributed by atoms with van der Waals surface area (Å²) in [4.78, 5) is 12.5. The fourth-order valence-electron chi connectivity index (χ4n) is 3.37. The largest absolute Gasteiger partial charge is 0.573 e. The van der Waals surface area contributed by atoms with Crippen LogP contribution in [0.2, 0.25) is 0 Å². The van der Waals surface area contributed by atoms with E-state index < -0.39 is 20.9 Å². The molecule has 0 heterocycles. The molecule has 0 saturated heterocycles. The normalized spacial score (nSPS) is 21.4. The predicted octanol–water partition coefficient (Wildman–Crippen LogP) is 4.72. The third-order valence-electron chi connectivity index (χ3n) is 5.23. The quantitative estimate of drug-likeness (QED) is 0.668. The fraction of sp³-hybridized carbons (Fsp3) is 0.650. The zero-order valence-electron chi connectivity index (χ0n) is 16.4. The number of Topliss-reactive ketones (excluding diaryl/α,β-unsaturated/α-hetero) is 1. The minimum Gasteiger partial charge on any atom is -0.406 e. The van der Waals surface area contributed by atoms with Crippen LogP contribution in [0.5, 0.6) is 5.75 Å². The van der Waals surface area contributed by atoms with Crippen LogP contribution in [0.4, 0.5) is 13.2 Å². The molecule has 0 spiro atoms. The number of ether oxygens (including phenoxy) is 1. The van der Waals surface area contributed by atoms with E-state index in [0.717, 1.165) is 0 Å². The molecule has 158 valence electrons. The molecular weight excluding hydrogens is 393 g/mol. The van der Waals surface area contributed by atoms with Gasteiger partial charge in [0.2, 0.25) is 0 Å². The second-order valence-corrected chi connectivity index (χ2v) is 11.2. The van der Waals surface area contributed by atoms with E-state index in [-0.39, 0.29) is 35.5 Å². The van der Waals surface area contributed by atoms with E-state index in [2.05, 4.69) is 4.74 Å². The molecule has 0 amide bonds. The van der Waals surface area contributed by atoms with Crippen molar-refractivity contribution in [3.63, 3.8) is 0 Å². The third-order valence-corrected chi connectivity index (χ3v) is 8.00. The lowest BCUT2D eigenvalue weighted by molar-refractivity contribution is -0.274. The highest BCUT2D eigenvalue weighted by Gasteiger charge is 2.34. The van der Waals surface area contributed by atoms with Gasteiger partial charge < -0.3 is 4.74 Å². The number of hydrogen-bond acceptors (Lipinski definition) is 4. The number of carbonyl (C=O) groups is 1. The van der Waals surface area contributed by atoms with Crippen molar-refractivity contribution >= 4 is 15.6 Å². The molecule has 0 atom stereocenters. The Morgan fingerprint density at radius 2 is 1.57 bits per heavy atom. The van der Waals surface area contributed by atoms with E-state index in [9.17, 15) is 26.4 Å². The molecule has 1 aromatic rings. The first-order chi connectivity index (χ1) is 12.8. The summed E-state index contributed by atoms with van der Waals surface area (Å²) in [5, 5.41) is 0. The Kier molecular flexibility index (Phi) is 6.84. The van der Waals surface area contributed by atoms with Crippen LogP contribution in [0, 0.1) is 11.8 Å². The molecule has 28 heavy (non-hydrogen) atoms. The lowest BCUT2D eigenvalue weighted by atomic mass is 9.79. The maximum absolute atomic E-state index is 12.5. The number of alkyl halides is 3. The Hall–Kier alpha value is -1.57. The average molecular weight is 420 g/mol. The van der Waals surface area contributed by atoms with Gasteiger partial charge in [0.1, 0.15) is 11.5 Å². The third kappa shape index (κ3) is 6.50. The van der Waals surface area contributed by atoms with E-state index >= 15 is 0 Å². The van der Waals surface area contributed by atoms with Crippen molar-refractivity contribution in [1.29, 1.82) is 0 Å². The maximum Gasteiger partial charge on any atom is 0.573 e. The lowest BCUT2D eigenvalue weighted by Gasteiger charge is -2.30. The smallest absolute Gasteiger partial charge is 0.406 e. The van der Waals surface area contributed by atoms with Gasteiger partial charge in [-0.05, 0) is 70.1 Å². The van der Waals surface area contributed by atoms with Crippen molar-refractivity contribution in [3.8, 4) is 5.75 Å². The lowest BCUT2D eigenvalue weighted by Crippen LogP contribution is -2.35. The molecule has 1 aliphatic rings. The Morgan fingerprint density at radius 3 is 2.04 bits per heavy atom. The van der Waals surface area contributed by atoms with E-state index in [4.69, 9.17) is 0 Å². The first-order valence-electron chi connectivity index (χ1n) is 9.36. The van der Waals surface area contributed by atoms with Crippen LogP contribution in [-0.4, -0.2) is 31.1 Å². The Labute approximate surface area is 164 Å². The van der Waals surface area contributed by atoms with Gasteiger partial charge in [-0.15, -0.1) is 13.2 Å². The zero-order chi connectivity index (χ0) is 21.2. The summed E-state index contributed by atoms with van der Waals surface area (Å²) in [5.41, 5.74) is 0.636. The van der Waals surface area contributed by atoms with E-state index in [1.807, 2.05) is 0 Å². The molecular formula is C20H27F3O4S. The minimum absolute atomic E-state index is 0.0432. The van der Waals surface area contributed by atoms with Crippen LogP contribution in [0.25, 0.3) is 0 Å². The predicted molar refractivity (Wildman–Crippen MR) is 101 cm³/mol. The maximum atomic E-state index is 12.5. The van der Waals surface area contributed by atoms with Crippen molar-refractivity contribution in [3.05, 3.63) is 29.8 Å². The molecule has 1 saturated carbocycles. The first-order valence-corrected chi connectivity index (χ1v) is 11.0. The van der Waals surface area contributed by atoms with Crippen LogP contribution in [0.1, 0.15) is 52.0 Å². The Morgan fingerprint density at radius 1 is 1.04 bits per heavy atom. The molecule has 0 radical (unpaired) electrons. The van der Waals surface area contributed by atoms with Gasteiger partial charge in [0.25, 0.3) is 0 Å². The van der Waals surface area contributed by atoms with Crippen LogP contribution >= 0.6 is 0 Å². The second-order valence-electron chi connectivity index (χ2n) is 8.45. The molecule has 1 aliphatic carbocycles. The molecule has 0 aromatic heterocycles. The molecule has 1 aromatic carbocycles. The van der Waals surface area contributed by atoms with Gasteiger partial charge in [-0.1, -0.05) is 12.1 Å². The molecule has 0 aliphatic heterocycles. The molecule has 0 N–H and O–H groups in total. The summed E-state index contributed by atoms with van der Waals surface area (Å²) >= 11 is 0. The number of ketones is 1. The molecule has 0 bridgehead atoms. The van der Waals surface area contributed by atoms with E-state index in [1.165, 1.54) is 24.3 Å². The standard InChI is InChI=1S/C20H27F3O4S/c1-19(2,3)28(25,26)13-15-4-8-16(9-5-15)18(24)12-14-6-10-17(11-7-14)27-20(21,22)23/h6-7,10-11,15-16H,4-5,8-9,12-13H2,1-3H3. The van der Waals surface area contributed by atoms with Crippen molar-refractivity contribution < 1.29 is 31.1 Å². The topological polar surface area (TPSA) is 60.4 Å². The number of halogens is 3. The summed E-state index contributed by atoms with van der Waals surface area (Å²) in [7, 11) is -3.18. The van der Waals surface area contributed by atoms with Gasteiger partial charge in [-0.3, -0.25) is 4.79 Å².